The van der Waals surface area contributed by atoms with Crippen LogP contribution < -0.4 is 10.5 Å². The van der Waals surface area contributed by atoms with Crippen LogP contribution in [0.4, 0.5) is 18.9 Å². The van der Waals surface area contributed by atoms with Gasteiger partial charge in [-0.3, -0.25) is 9.59 Å². The van der Waals surface area contributed by atoms with Crippen LogP contribution in [0.15, 0.2) is 29.3 Å². The molecule has 1 fully saturated rings. The Morgan fingerprint density at radius 2 is 1.90 bits per heavy atom. The van der Waals surface area contributed by atoms with Crippen molar-refractivity contribution in [2.24, 2.45) is 0 Å². The lowest BCUT2D eigenvalue weighted by molar-refractivity contribution is -0.137. The molecule has 0 spiro atoms. The minimum absolute atomic E-state index is 0.00483. The molecule has 1 aliphatic rings. The van der Waals surface area contributed by atoms with Crippen molar-refractivity contribution in [1.29, 1.82) is 0 Å². The van der Waals surface area contributed by atoms with Crippen molar-refractivity contribution in [3.63, 3.8) is 0 Å². The molecule has 3 heterocycles. The number of nitrogens with zero attached hydrogens (tertiary/aromatic N) is 5. The highest BCUT2D eigenvalue weighted by atomic mass is 35.5. The van der Waals surface area contributed by atoms with Gasteiger partial charge in [-0.05, 0) is 25.0 Å². The Labute approximate surface area is 169 Å². The highest BCUT2D eigenvalue weighted by Crippen LogP contribution is 2.29. The first-order valence-corrected chi connectivity index (χ1v) is 9.27. The van der Waals surface area contributed by atoms with Gasteiger partial charge in [-0.25, -0.2) is 4.98 Å². The largest absolute Gasteiger partial charge is 0.417 e. The van der Waals surface area contributed by atoms with Gasteiger partial charge in [0.15, 0.2) is 5.82 Å². The molecule has 0 aliphatic carbocycles. The average Bonchev–Trinajstić information content (AvgIpc) is 2.69. The highest BCUT2D eigenvalue weighted by molar-refractivity contribution is 6.33. The van der Waals surface area contributed by atoms with Gasteiger partial charge in [0.2, 0.25) is 5.91 Å². The molecule has 7 nitrogen and oxygen atoms in total. The first-order valence-electron chi connectivity index (χ1n) is 8.89. The third-order valence-corrected chi connectivity index (χ3v) is 5.40. The van der Waals surface area contributed by atoms with Crippen LogP contribution in [0.3, 0.4) is 0 Å². The zero-order valence-electron chi connectivity index (χ0n) is 15.8. The highest BCUT2D eigenvalue weighted by Gasteiger charge is 2.31. The number of hydrogen-bond donors (Lipinski definition) is 0. The second-order valence-corrected chi connectivity index (χ2v) is 7.19. The van der Waals surface area contributed by atoms with E-state index in [2.05, 4.69) is 10.1 Å². The summed E-state index contributed by atoms with van der Waals surface area (Å²) in [7, 11) is 1.76. The first kappa shape index (κ1) is 21.1. The number of halogens is 4. The van der Waals surface area contributed by atoms with Gasteiger partial charge in [-0.2, -0.15) is 23.0 Å². The smallest absolute Gasteiger partial charge is 0.369 e. The number of anilines is 1. The van der Waals surface area contributed by atoms with Gasteiger partial charge in [-0.1, -0.05) is 11.6 Å². The summed E-state index contributed by atoms with van der Waals surface area (Å²) < 4.78 is 38.9. The molecular weight excluding hydrogens is 411 g/mol. The maximum atomic E-state index is 12.7. The fourth-order valence-corrected chi connectivity index (χ4v) is 3.49. The number of rotatable bonds is 3. The Balaban J connectivity index is 1.80. The molecule has 0 radical (unpaired) electrons. The van der Waals surface area contributed by atoms with Crippen LogP contribution in [0.2, 0.25) is 5.02 Å². The fourth-order valence-electron chi connectivity index (χ4n) is 3.24. The van der Waals surface area contributed by atoms with Gasteiger partial charge in [0.25, 0.3) is 5.56 Å². The van der Waals surface area contributed by atoms with E-state index < -0.39 is 17.3 Å². The Kier molecular flexibility index (Phi) is 5.83. The monoisotopic (exact) mass is 429 g/mol. The lowest BCUT2D eigenvalue weighted by Crippen LogP contribution is -2.45. The Bertz CT molecular complexity index is 953. The predicted octanol–water partition coefficient (Wildman–Crippen LogP) is 2.75. The summed E-state index contributed by atoms with van der Waals surface area (Å²) in [6.45, 7) is 2.69. The number of pyridine rings is 1. The van der Waals surface area contributed by atoms with Crippen molar-refractivity contribution in [1.82, 2.24) is 19.7 Å². The van der Waals surface area contributed by atoms with E-state index in [4.69, 9.17) is 11.6 Å². The van der Waals surface area contributed by atoms with Crippen molar-refractivity contribution in [2.45, 2.75) is 32.0 Å². The topological polar surface area (TPSA) is 71.3 Å². The van der Waals surface area contributed by atoms with Crippen LogP contribution in [0.25, 0.3) is 5.82 Å². The van der Waals surface area contributed by atoms with E-state index in [1.807, 2.05) is 4.90 Å². The molecule has 0 saturated carbocycles. The van der Waals surface area contributed by atoms with Crippen LogP contribution in [0.5, 0.6) is 0 Å². The van der Waals surface area contributed by atoms with E-state index in [9.17, 15) is 22.8 Å². The third-order valence-electron chi connectivity index (χ3n) is 5.04. The quantitative estimate of drug-likeness (QED) is 0.750. The maximum Gasteiger partial charge on any atom is 0.417 e. The summed E-state index contributed by atoms with van der Waals surface area (Å²) in [6, 6.07) is 2.01. The molecule has 0 unspecified atom stereocenters. The average molecular weight is 430 g/mol. The second kappa shape index (κ2) is 8.02. The summed E-state index contributed by atoms with van der Waals surface area (Å²) in [5, 5.41) is 3.95. The molecular formula is C18H19ClF3N5O2. The molecule has 1 saturated heterocycles. The summed E-state index contributed by atoms with van der Waals surface area (Å²) in [4.78, 5) is 31.4. The number of piperidine rings is 1. The molecule has 1 amide bonds. The molecule has 11 heteroatoms. The lowest BCUT2D eigenvalue weighted by atomic mass is 10.0. The molecule has 156 valence electrons. The molecule has 0 atom stereocenters. The number of carbonyl (C=O) groups is 1. The van der Waals surface area contributed by atoms with E-state index in [1.54, 1.807) is 11.9 Å². The van der Waals surface area contributed by atoms with Crippen molar-refractivity contribution in [2.75, 3.05) is 25.0 Å². The van der Waals surface area contributed by atoms with Crippen molar-refractivity contribution in [3.05, 3.63) is 45.5 Å². The number of hydrogen-bond acceptors (Lipinski definition) is 5. The minimum atomic E-state index is -4.52. The number of aromatic nitrogens is 3. The first-order chi connectivity index (χ1) is 13.6. The Morgan fingerprint density at radius 1 is 1.24 bits per heavy atom. The van der Waals surface area contributed by atoms with Gasteiger partial charge in [0, 0.05) is 39.3 Å². The molecule has 2 aromatic rings. The van der Waals surface area contributed by atoms with Crippen LogP contribution in [-0.4, -0.2) is 51.8 Å². The van der Waals surface area contributed by atoms with Crippen LogP contribution in [0.1, 0.15) is 25.3 Å². The second-order valence-electron chi connectivity index (χ2n) is 6.81. The maximum absolute atomic E-state index is 12.7. The number of amides is 1. The molecule has 2 aromatic heterocycles. The van der Waals surface area contributed by atoms with Crippen molar-refractivity contribution < 1.29 is 18.0 Å². The van der Waals surface area contributed by atoms with E-state index in [1.165, 1.54) is 13.1 Å². The van der Waals surface area contributed by atoms with E-state index in [-0.39, 0.29) is 22.8 Å². The summed E-state index contributed by atoms with van der Waals surface area (Å²) in [5.41, 5.74) is -1.14. The van der Waals surface area contributed by atoms with Gasteiger partial charge in [0.1, 0.15) is 5.02 Å². The fraction of sp³-hybridized carbons (Fsp3) is 0.444. The van der Waals surface area contributed by atoms with Gasteiger partial charge < -0.3 is 9.80 Å². The molecule has 0 bridgehead atoms. The van der Waals surface area contributed by atoms with Crippen molar-refractivity contribution >= 4 is 23.2 Å². The third kappa shape index (κ3) is 4.36. The molecule has 0 N–H and O–H groups in total. The van der Waals surface area contributed by atoms with Crippen LogP contribution in [-0.2, 0) is 11.0 Å². The SMILES string of the molecule is CC(=O)N(C)C1CCN(c2cnn(-c3ccc(C(F)(F)F)cn3)c(=O)c2Cl)CC1. The van der Waals surface area contributed by atoms with Gasteiger partial charge in [-0.15, -0.1) is 0 Å². The van der Waals surface area contributed by atoms with E-state index >= 15 is 0 Å². The predicted molar refractivity (Wildman–Crippen MR) is 101 cm³/mol. The molecule has 3 rings (SSSR count). The summed E-state index contributed by atoms with van der Waals surface area (Å²) in [5.74, 6) is -0.0620. The standard InChI is InChI=1S/C18H19ClF3N5O2/c1-11(28)25(2)13-5-7-26(8-6-13)14-10-24-27(17(29)16(14)19)15-4-3-12(9-23-15)18(20,21)22/h3-4,9-10,13H,5-8H2,1-2H3. The van der Waals surface area contributed by atoms with E-state index in [0.717, 1.165) is 29.7 Å². The molecule has 29 heavy (non-hydrogen) atoms. The van der Waals surface area contributed by atoms with Crippen LogP contribution in [0, 0.1) is 0 Å². The molecule has 1 aliphatic heterocycles. The normalized spacial score (nSPS) is 15.4. The van der Waals surface area contributed by atoms with Gasteiger partial charge >= 0.3 is 6.18 Å². The Hall–Kier alpha value is -2.62. The summed E-state index contributed by atoms with van der Waals surface area (Å²) >= 11 is 6.25. The lowest BCUT2D eigenvalue weighted by Gasteiger charge is -2.37. The molecule has 0 aromatic carbocycles. The van der Waals surface area contributed by atoms with Crippen molar-refractivity contribution in [3.8, 4) is 5.82 Å². The number of carbonyl (C=O) groups excluding carboxylic acids is 1. The van der Waals surface area contributed by atoms with Gasteiger partial charge in [0.05, 0.1) is 17.4 Å². The zero-order valence-corrected chi connectivity index (χ0v) is 16.5. The van der Waals surface area contributed by atoms with Crippen LogP contribution >= 0.6 is 11.6 Å². The minimum Gasteiger partial charge on any atom is -0.369 e. The number of alkyl halides is 3. The summed E-state index contributed by atoms with van der Waals surface area (Å²) in [6.07, 6.45) is -1.04. The zero-order chi connectivity index (χ0) is 21.3. The van der Waals surface area contributed by atoms with E-state index in [0.29, 0.717) is 25.0 Å². The Morgan fingerprint density at radius 3 is 2.41 bits per heavy atom.